The third-order valence-electron chi connectivity index (χ3n) is 6.71. The highest BCUT2D eigenvalue weighted by molar-refractivity contribution is 7.92. The second kappa shape index (κ2) is 13.2. The Balaban J connectivity index is 2.07. The van der Waals surface area contributed by atoms with Crippen LogP contribution in [0.5, 0.6) is 0 Å². The fraction of sp³-hybridized carbons (Fsp3) is 0.333. The van der Waals surface area contributed by atoms with Crippen molar-refractivity contribution in [2.75, 3.05) is 10.8 Å². The number of carbonyl (C=O) groups excluding carboxylic acids is 2. The topological polar surface area (TPSA) is 86.8 Å². The van der Waals surface area contributed by atoms with E-state index in [9.17, 15) is 31.2 Å². The standard InChI is InChI=1S/C30H34F3N3O4S/c1-5-22(3)34-29(38)23(4)35(19-24-16-14-21(2)15-17-24)28(37)20-36(41(39,40)27-12-7-6-8-13-27)26-11-9-10-25(18-26)30(31,32)33/h6-18,22-23H,5,19-20H2,1-4H3,(H,34,38)/t22-,23-/m1/s1. The van der Waals surface area contributed by atoms with Crippen molar-refractivity contribution in [3.8, 4) is 0 Å². The lowest BCUT2D eigenvalue weighted by atomic mass is 10.1. The lowest BCUT2D eigenvalue weighted by molar-refractivity contribution is -0.139. The minimum atomic E-state index is -4.73. The predicted octanol–water partition coefficient (Wildman–Crippen LogP) is 5.54. The molecular formula is C30H34F3N3O4S. The monoisotopic (exact) mass is 589 g/mol. The smallest absolute Gasteiger partial charge is 0.352 e. The Morgan fingerprint density at radius 3 is 2.15 bits per heavy atom. The summed E-state index contributed by atoms with van der Waals surface area (Å²) < 4.78 is 68.8. The van der Waals surface area contributed by atoms with Gasteiger partial charge in [-0.2, -0.15) is 13.2 Å². The van der Waals surface area contributed by atoms with E-state index in [4.69, 9.17) is 0 Å². The molecule has 3 rings (SSSR count). The van der Waals surface area contributed by atoms with Crippen molar-refractivity contribution in [3.05, 3.63) is 95.6 Å². The second-order valence-corrected chi connectivity index (χ2v) is 11.7. The van der Waals surface area contributed by atoms with Crippen molar-refractivity contribution < 1.29 is 31.2 Å². The van der Waals surface area contributed by atoms with Gasteiger partial charge < -0.3 is 10.2 Å². The van der Waals surface area contributed by atoms with Crippen LogP contribution in [-0.4, -0.2) is 43.8 Å². The van der Waals surface area contributed by atoms with E-state index in [2.05, 4.69) is 5.32 Å². The Bertz CT molecular complexity index is 1450. The molecule has 0 unspecified atom stereocenters. The molecule has 0 aromatic heterocycles. The van der Waals surface area contributed by atoms with Gasteiger partial charge >= 0.3 is 6.18 Å². The number of anilines is 1. The summed E-state index contributed by atoms with van der Waals surface area (Å²) in [6.45, 7) is 6.30. The molecule has 1 N–H and O–H groups in total. The first-order valence-corrected chi connectivity index (χ1v) is 14.6. The van der Waals surface area contributed by atoms with E-state index >= 15 is 0 Å². The molecule has 3 aromatic carbocycles. The van der Waals surface area contributed by atoms with Gasteiger partial charge in [0.2, 0.25) is 11.8 Å². The van der Waals surface area contributed by atoms with Crippen LogP contribution in [-0.2, 0) is 32.3 Å². The van der Waals surface area contributed by atoms with Crippen molar-refractivity contribution >= 4 is 27.5 Å². The highest BCUT2D eigenvalue weighted by atomic mass is 32.2. The number of halogens is 3. The summed E-state index contributed by atoms with van der Waals surface area (Å²) in [5.41, 5.74) is 0.292. The molecule has 2 atom stereocenters. The van der Waals surface area contributed by atoms with Gasteiger partial charge in [-0.3, -0.25) is 13.9 Å². The summed E-state index contributed by atoms with van der Waals surface area (Å²) in [5.74, 6) is -1.19. The van der Waals surface area contributed by atoms with Crippen molar-refractivity contribution in [2.24, 2.45) is 0 Å². The predicted molar refractivity (Wildman–Crippen MR) is 152 cm³/mol. The van der Waals surface area contributed by atoms with Crippen LogP contribution >= 0.6 is 0 Å². The fourth-order valence-corrected chi connectivity index (χ4v) is 5.45. The molecule has 0 aliphatic carbocycles. The molecule has 0 heterocycles. The molecule has 0 radical (unpaired) electrons. The molecule has 2 amide bonds. The number of sulfonamides is 1. The summed E-state index contributed by atoms with van der Waals surface area (Å²) in [7, 11) is -4.47. The quantitative estimate of drug-likeness (QED) is 0.318. The minimum Gasteiger partial charge on any atom is -0.352 e. The third-order valence-corrected chi connectivity index (χ3v) is 8.50. The number of rotatable bonds is 11. The van der Waals surface area contributed by atoms with Crippen LogP contribution in [0, 0.1) is 6.92 Å². The molecule has 0 spiro atoms. The third kappa shape index (κ3) is 8.09. The van der Waals surface area contributed by atoms with Gasteiger partial charge in [0.1, 0.15) is 12.6 Å². The van der Waals surface area contributed by atoms with Gasteiger partial charge in [-0.25, -0.2) is 8.42 Å². The summed E-state index contributed by atoms with van der Waals surface area (Å²) in [4.78, 5) is 28.0. The molecule has 41 heavy (non-hydrogen) atoms. The first-order valence-electron chi connectivity index (χ1n) is 13.1. The number of nitrogens with zero attached hydrogens (tertiary/aromatic N) is 2. The molecule has 220 valence electrons. The molecule has 0 saturated heterocycles. The molecule has 0 saturated carbocycles. The summed E-state index contributed by atoms with van der Waals surface area (Å²) in [5, 5.41) is 2.84. The Hall–Kier alpha value is -3.86. The van der Waals surface area contributed by atoms with Crippen molar-refractivity contribution in [1.29, 1.82) is 0 Å². The van der Waals surface area contributed by atoms with Crippen LogP contribution in [0.4, 0.5) is 18.9 Å². The van der Waals surface area contributed by atoms with Gasteiger partial charge in [-0.1, -0.05) is 61.0 Å². The van der Waals surface area contributed by atoms with E-state index in [1.165, 1.54) is 42.2 Å². The molecule has 3 aromatic rings. The molecule has 0 bridgehead atoms. The van der Waals surface area contributed by atoms with Crippen LogP contribution in [0.1, 0.15) is 43.9 Å². The second-order valence-electron chi connectivity index (χ2n) is 9.87. The fourth-order valence-electron chi connectivity index (χ4n) is 4.02. The molecule has 0 aliphatic rings. The number of hydrogen-bond donors (Lipinski definition) is 1. The first-order chi connectivity index (χ1) is 19.2. The van der Waals surface area contributed by atoms with Crippen LogP contribution in [0.15, 0.2) is 83.8 Å². The highest BCUT2D eigenvalue weighted by Gasteiger charge is 2.35. The SMILES string of the molecule is CC[C@@H](C)NC(=O)[C@@H](C)N(Cc1ccc(C)cc1)C(=O)CN(c1cccc(C(F)(F)F)c1)S(=O)(=O)c1ccccc1. The van der Waals surface area contributed by atoms with Crippen molar-refractivity contribution in [2.45, 2.75) is 63.8 Å². The average molecular weight is 590 g/mol. The van der Waals surface area contributed by atoms with Crippen LogP contribution < -0.4 is 9.62 Å². The van der Waals surface area contributed by atoms with Gasteiger partial charge in [0.15, 0.2) is 0 Å². The summed E-state index contributed by atoms with van der Waals surface area (Å²) in [6, 6.07) is 17.1. The number of alkyl halides is 3. The van der Waals surface area contributed by atoms with E-state index in [0.717, 1.165) is 17.7 Å². The van der Waals surface area contributed by atoms with Gasteiger partial charge in [-0.05, 0) is 63.1 Å². The summed E-state index contributed by atoms with van der Waals surface area (Å²) in [6.07, 6.45) is -4.08. The lowest BCUT2D eigenvalue weighted by Crippen LogP contribution is -2.52. The minimum absolute atomic E-state index is 0.0178. The lowest BCUT2D eigenvalue weighted by Gasteiger charge is -2.32. The van der Waals surface area contributed by atoms with Gasteiger partial charge in [0.05, 0.1) is 16.1 Å². The zero-order chi connectivity index (χ0) is 30.4. The maximum absolute atomic E-state index is 13.9. The maximum atomic E-state index is 13.9. The number of nitrogens with one attached hydrogen (secondary N) is 1. The zero-order valence-electron chi connectivity index (χ0n) is 23.4. The number of benzene rings is 3. The molecule has 7 nitrogen and oxygen atoms in total. The van der Waals surface area contributed by atoms with Crippen LogP contribution in [0.25, 0.3) is 0 Å². The maximum Gasteiger partial charge on any atom is 0.416 e. The largest absolute Gasteiger partial charge is 0.416 e. The number of carbonyl (C=O) groups is 2. The van der Waals surface area contributed by atoms with Gasteiger partial charge in [0.25, 0.3) is 10.0 Å². The summed E-state index contributed by atoms with van der Waals surface area (Å²) >= 11 is 0. The highest BCUT2D eigenvalue weighted by Crippen LogP contribution is 2.33. The van der Waals surface area contributed by atoms with E-state index in [0.29, 0.717) is 22.4 Å². The van der Waals surface area contributed by atoms with Crippen molar-refractivity contribution in [3.63, 3.8) is 0 Å². The van der Waals surface area contributed by atoms with E-state index in [1.807, 2.05) is 32.9 Å². The normalized spacial score (nSPS) is 13.2. The first kappa shape index (κ1) is 31.7. The Labute approximate surface area is 239 Å². The number of hydrogen-bond acceptors (Lipinski definition) is 4. The van der Waals surface area contributed by atoms with Crippen LogP contribution in [0.2, 0.25) is 0 Å². The Morgan fingerprint density at radius 2 is 1.56 bits per heavy atom. The molecular weight excluding hydrogens is 555 g/mol. The van der Waals surface area contributed by atoms with Crippen LogP contribution in [0.3, 0.4) is 0 Å². The van der Waals surface area contributed by atoms with Crippen molar-refractivity contribution in [1.82, 2.24) is 10.2 Å². The Kier molecular flexibility index (Phi) is 10.2. The molecule has 0 fully saturated rings. The number of aryl methyl sites for hydroxylation is 1. The van der Waals surface area contributed by atoms with E-state index in [-0.39, 0.29) is 23.2 Å². The molecule has 0 aliphatic heterocycles. The average Bonchev–Trinajstić information content (AvgIpc) is 2.95. The number of amides is 2. The van der Waals surface area contributed by atoms with E-state index < -0.39 is 46.2 Å². The zero-order valence-corrected chi connectivity index (χ0v) is 24.2. The molecule has 11 heteroatoms. The van der Waals surface area contributed by atoms with Gasteiger partial charge in [0, 0.05) is 12.6 Å². The van der Waals surface area contributed by atoms with Gasteiger partial charge in [-0.15, -0.1) is 0 Å². The Morgan fingerprint density at radius 1 is 0.927 bits per heavy atom. The van der Waals surface area contributed by atoms with E-state index in [1.54, 1.807) is 18.2 Å².